The second-order valence-electron chi connectivity index (χ2n) is 21.3. The maximum atomic E-state index is 13.2. The molecule has 0 spiro atoms. The lowest BCUT2D eigenvalue weighted by Crippen LogP contribution is -2.61. The molecule has 1 rings (SSSR count). The molecule has 1 aliphatic rings. The summed E-state index contributed by atoms with van der Waals surface area (Å²) in [5, 5.41) is 31.5. The van der Waals surface area contributed by atoms with Gasteiger partial charge in [-0.05, 0) is 89.9 Å². The zero-order valence-corrected chi connectivity index (χ0v) is 49.8. The number of hydrogen-bond donors (Lipinski definition) is 3. The molecular formula is C67H112O12. The maximum absolute atomic E-state index is 13.2. The third-order valence-electron chi connectivity index (χ3n) is 14.0. The number of carboxylic acid groups (broad SMARTS) is 1. The van der Waals surface area contributed by atoms with Gasteiger partial charge in [-0.15, -0.1) is 0 Å². The standard InChI is InChI=1S/C67H112O12/c1-4-7-10-13-16-19-22-25-28-30-33-35-38-41-44-47-50-53-59(68)75-56-58(77-60(69)54-51-48-45-42-39-36-32-27-24-21-18-15-12-9-6-3)57-76-67-65(63(72)62(71)64(79-67)66(73)74)78-61(70)55-52-49-46-43-40-37-34-31-29-26-23-20-17-14-11-8-5-2/h8,11,16-17,19-20,25-26,28-29,34,37,43,46,58,62-65,67,71-72H,4-7,9-10,12-15,18,21-24,27,30-33,35-36,38-42,44-45,47-57H2,1-3H3,(H,73,74)/b11-8-,19-16-,20-17-,28-25-,29-26-,37-34-,46-43-. The summed E-state index contributed by atoms with van der Waals surface area (Å²) in [4.78, 5) is 51.2. The SMILES string of the molecule is CC/C=C\C/C=C\C/C=C\C/C=C\C/C=C\CCCC(=O)OC1C(OCC(COC(=O)CCCCCCCCC/C=C\C/C=C\CCCCC)OC(=O)CCCCCCCCCCCCCCCCC)OC(C(=O)O)C(O)C1O. The van der Waals surface area contributed by atoms with E-state index in [1.165, 1.54) is 109 Å². The Kier molecular flexibility index (Phi) is 50.3. The van der Waals surface area contributed by atoms with Crippen molar-refractivity contribution in [3.8, 4) is 0 Å². The van der Waals surface area contributed by atoms with Crippen molar-refractivity contribution in [3.05, 3.63) is 85.1 Å². The van der Waals surface area contributed by atoms with E-state index in [1.54, 1.807) is 0 Å². The molecule has 1 fully saturated rings. The van der Waals surface area contributed by atoms with Crippen LogP contribution in [0.3, 0.4) is 0 Å². The number of aliphatic hydroxyl groups is 2. The van der Waals surface area contributed by atoms with E-state index in [1.807, 2.05) is 12.2 Å². The number of esters is 3. The van der Waals surface area contributed by atoms with Crippen molar-refractivity contribution in [3.63, 3.8) is 0 Å². The van der Waals surface area contributed by atoms with E-state index in [-0.39, 0.29) is 25.9 Å². The van der Waals surface area contributed by atoms with Gasteiger partial charge in [0.15, 0.2) is 24.6 Å². The maximum Gasteiger partial charge on any atom is 0.335 e. The molecule has 12 nitrogen and oxygen atoms in total. The third kappa shape index (κ3) is 44.3. The van der Waals surface area contributed by atoms with Gasteiger partial charge >= 0.3 is 23.9 Å². The van der Waals surface area contributed by atoms with Crippen molar-refractivity contribution in [1.82, 2.24) is 0 Å². The van der Waals surface area contributed by atoms with E-state index < -0.39 is 67.3 Å². The predicted octanol–water partition coefficient (Wildman–Crippen LogP) is 16.7. The highest BCUT2D eigenvalue weighted by atomic mass is 16.7. The van der Waals surface area contributed by atoms with Crippen LogP contribution in [0.1, 0.15) is 265 Å². The van der Waals surface area contributed by atoms with Gasteiger partial charge in [0, 0.05) is 19.3 Å². The van der Waals surface area contributed by atoms with E-state index in [0.29, 0.717) is 25.7 Å². The van der Waals surface area contributed by atoms with Gasteiger partial charge in [0.1, 0.15) is 18.8 Å². The minimum absolute atomic E-state index is 0.0201. The van der Waals surface area contributed by atoms with Crippen LogP contribution in [0, 0.1) is 0 Å². The van der Waals surface area contributed by atoms with Gasteiger partial charge in [0.2, 0.25) is 0 Å². The fourth-order valence-electron chi connectivity index (χ4n) is 9.14. The van der Waals surface area contributed by atoms with Gasteiger partial charge in [-0.3, -0.25) is 14.4 Å². The van der Waals surface area contributed by atoms with Crippen LogP contribution >= 0.6 is 0 Å². The molecule has 1 saturated heterocycles. The Bertz CT molecular complexity index is 1700. The Morgan fingerprint density at radius 2 is 0.810 bits per heavy atom. The highest BCUT2D eigenvalue weighted by Gasteiger charge is 2.50. The number of carboxylic acids is 1. The molecule has 1 aliphatic heterocycles. The van der Waals surface area contributed by atoms with Crippen LogP contribution in [0.2, 0.25) is 0 Å². The Morgan fingerprint density at radius 1 is 0.430 bits per heavy atom. The summed E-state index contributed by atoms with van der Waals surface area (Å²) < 4.78 is 28.4. The molecule has 1 heterocycles. The number of allylic oxidation sites excluding steroid dienone is 14. The van der Waals surface area contributed by atoms with Gasteiger partial charge in [-0.25, -0.2) is 4.79 Å². The van der Waals surface area contributed by atoms with E-state index >= 15 is 0 Å². The molecule has 3 N–H and O–H groups in total. The number of rotatable bonds is 53. The first-order valence-corrected chi connectivity index (χ1v) is 31.6. The Balaban J connectivity index is 2.71. The first-order valence-electron chi connectivity index (χ1n) is 31.6. The van der Waals surface area contributed by atoms with Crippen molar-refractivity contribution in [2.45, 2.75) is 302 Å². The summed E-state index contributed by atoms with van der Waals surface area (Å²) in [6.07, 6.45) is 58.3. The molecule has 452 valence electrons. The summed E-state index contributed by atoms with van der Waals surface area (Å²) >= 11 is 0. The van der Waals surface area contributed by atoms with Crippen LogP contribution < -0.4 is 0 Å². The molecule has 0 saturated carbocycles. The van der Waals surface area contributed by atoms with Crippen LogP contribution in [-0.4, -0.2) is 89.2 Å². The smallest absolute Gasteiger partial charge is 0.335 e. The van der Waals surface area contributed by atoms with E-state index in [9.17, 15) is 34.5 Å². The second kappa shape index (κ2) is 54.5. The van der Waals surface area contributed by atoms with E-state index in [0.717, 1.165) is 89.9 Å². The van der Waals surface area contributed by atoms with Crippen LogP contribution in [0.4, 0.5) is 0 Å². The first kappa shape index (κ1) is 72.9. The zero-order valence-electron chi connectivity index (χ0n) is 49.8. The lowest BCUT2D eigenvalue weighted by molar-refractivity contribution is -0.301. The van der Waals surface area contributed by atoms with Gasteiger partial charge in [-0.2, -0.15) is 0 Å². The largest absolute Gasteiger partial charge is 0.479 e. The molecule has 0 aromatic carbocycles. The monoisotopic (exact) mass is 1110 g/mol. The van der Waals surface area contributed by atoms with Crippen molar-refractivity contribution in [2.75, 3.05) is 13.2 Å². The second-order valence-corrected chi connectivity index (χ2v) is 21.3. The van der Waals surface area contributed by atoms with Crippen molar-refractivity contribution < 1.29 is 58.2 Å². The molecule has 0 aromatic heterocycles. The van der Waals surface area contributed by atoms with Crippen LogP contribution in [0.15, 0.2) is 85.1 Å². The highest BCUT2D eigenvalue weighted by Crippen LogP contribution is 2.26. The summed E-state index contributed by atoms with van der Waals surface area (Å²) in [7, 11) is 0. The minimum Gasteiger partial charge on any atom is -0.479 e. The molecule has 0 bridgehead atoms. The summed E-state index contributed by atoms with van der Waals surface area (Å²) in [5.41, 5.74) is 0. The molecule has 79 heavy (non-hydrogen) atoms. The van der Waals surface area contributed by atoms with Gasteiger partial charge in [-0.1, -0.05) is 241 Å². The average Bonchev–Trinajstić information content (AvgIpc) is 3.43. The molecule has 6 atom stereocenters. The Morgan fingerprint density at radius 3 is 1.28 bits per heavy atom. The highest BCUT2D eigenvalue weighted by molar-refractivity contribution is 5.74. The van der Waals surface area contributed by atoms with E-state index in [4.69, 9.17) is 23.7 Å². The van der Waals surface area contributed by atoms with Crippen molar-refractivity contribution >= 4 is 23.9 Å². The van der Waals surface area contributed by atoms with Crippen LogP contribution in [0.25, 0.3) is 0 Å². The molecule has 0 aromatic rings. The first-order chi connectivity index (χ1) is 38.6. The van der Waals surface area contributed by atoms with Gasteiger partial charge in [0.25, 0.3) is 0 Å². The van der Waals surface area contributed by atoms with Crippen LogP contribution in [-0.2, 0) is 42.9 Å². The number of aliphatic carboxylic acids is 1. The zero-order chi connectivity index (χ0) is 57.5. The topological polar surface area (TPSA) is 175 Å². The van der Waals surface area contributed by atoms with Gasteiger partial charge < -0.3 is 39.0 Å². The number of aliphatic hydroxyl groups excluding tert-OH is 2. The van der Waals surface area contributed by atoms with Crippen molar-refractivity contribution in [1.29, 1.82) is 0 Å². The third-order valence-corrected chi connectivity index (χ3v) is 14.0. The number of hydrogen-bond acceptors (Lipinski definition) is 11. The minimum atomic E-state index is -1.93. The summed E-state index contributed by atoms with van der Waals surface area (Å²) in [6, 6.07) is 0. The molecule has 6 unspecified atom stereocenters. The Labute approximate surface area is 480 Å². The number of carbonyl (C=O) groups excluding carboxylic acids is 3. The normalized spacial score (nSPS) is 18.4. The molecule has 0 radical (unpaired) electrons. The average molecular weight is 1110 g/mol. The lowest BCUT2D eigenvalue weighted by atomic mass is 9.98. The molecule has 12 heteroatoms. The summed E-state index contributed by atoms with van der Waals surface area (Å²) in [5.74, 6) is -3.20. The lowest BCUT2D eigenvalue weighted by Gasteiger charge is -2.40. The van der Waals surface area contributed by atoms with Crippen LogP contribution in [0.5, 0.6) is 0 Å². The molecule has 0 aliphatic carbocycles. The number of unbranched alkanes of at least 4 members (excludes halogenated alkanes) is 25. The molecule has 0 amide bonds. The van der Waals surface area contributed by atoms with Crippen molar-refractivity contribution in [2.24, 2.45) is 0 Å². The fourth-order valence-corrected chi connectivity index (χ4v) is 9.14. The number of carbonyl (C=O) groups is 4. The summed E-state index contributed by atoms with van der Waals surface area (Å²) in [6.45, 7) is 5.85. The Hall–Kier alpha value is -4.10. The predicted molar refractivity (Wildman–Crippen MR) is 321 cm³/mol. The number of ether oxygens (including phenoxy) is 5. The quantitative estimate of drug-likeness (QED) is 0.0228. The van der Waals surface area contributed by atoms with Gasteiger partial charge in [0.05, 0.1) is 6.61 Å². The molecular weight excluding hydrogens is 997 g/mol. The van der Waals surface area contributed by atoms with E-state index in [2.05, 4.69) is 93.7 Å². The fraction of sp³-hybridized carbons (Fsp3) is 0.731.